The van der Waals surface area contributed by atoms with Crippen molar-refractivity contribution in [3.8, 4) is 0 Å². The summed E-state index contributed by atoms with van der Waals surface area (Å²) in [6.45, 7) is 4.80. The van der Waals surface area contributed by atoms with Crippen LogP contribution in [0, 0.1) is 0 Å². The first-order valence-corrected chi connectivity index (χ1v) is 11.9. The topological polar surface area (TPSA) is 0 Å². The fourth-order valence-electron chi connectivity index (χ4n) is 2.99. The maximum absolute atomic E-state index is 2.40. The molecule has 0 N–H and O–H groups in total. The Labute approximate surface area is 157 Å². The summed E-state index contributed by atoms with van der Waals surface area (Å²) < 4.78 is 0. The van der Waals surface area contributed by atoms with Gasteiger partial charge in [0.05, 0.1) is 0 Å². The lowest BCUT2D eigenvalue weighted by molar-refractivity contribution is 0.550. The lowest BCUT2D eigenvalue weighted by Crippen LogP contribution is -1.86. The Balaban J connectivity index is 0.00000484. The molecule has 0 aromatic heterocycles. The van der Waals surface area contributed by atoms with E-state index in [1.165, 1.54) is 88.8 Å². The molecule has 0 fully saturated rings. The zero-order chi connectivity index (χ0) is 15.9. The van der Waals surface area contributed by atoms with Crippen LogP contribution in [0.15, 0.2) is 30.3 Å². The predicted molar refractivity (Wildman–Crippen MR) is 115 cm³/mol. The van der Waals surface area contributed by atoms with E-state index in [1.54, 1.807) is 0 Å². The maximum atomic E-state index is 2.40. The van der Waals surface area contributed by atoms with Crippen LogP contribution in [0.5, 0.6) is 0 Å². The quantitative estimate of drug-likeness (QED) is 0.220. The molecular formula is C21H38BrP. The standard InChI is InChI=1S/C21H37P.BrH/c1-22(2)20-16-11-9-7-5-3-4-6-8-10-13-17-21-18-14-12-15-19-21;/h12,14-15,18-19H,3-11,13,16-17,20H2,1-2H3;1H. The van der Waals surface area contributed by atoms with Crippen LogP contribution in [0.1, 0.15) is 76.2 Å². The van der Waals surface area contributed by atoms with Crippen molar-refractivity contribution in [2.24, 2.45) is 0 Å². The summed E-state index contributed by atoms with van der Waals surface area (Å²) in [6.07, 6.45) is 18.7. The second-order valence-corrected chi connectivity index (χ2v) is 9.53. The molecule has 0 atom stereocenters. The van der Waals surface area contributed by atoms with Crippen molar-refractivity contribution in [3.63, 3.8) is 0 Å². The molecule has 0 amide bonds. The van der Waals surface area contributed by atoms with E-state index in [0.717, 1.165) is 0 Å². The summed E-state index contributed by atoms with van der Waals surface area (Å²) in [5.41, 5.74) is 1.50. The van der Waals surface area contributed by atoms with Gasteiger partial charge in [0.1, 0.15) is 0 Å². The minimum Gasteiger partial charge on any atom is -0.114 e. The number of halogens is 1. The third-order valence-corrected chi connectivity index (χ3v) is 5.62. The Morgan fingerprint density at radius 3 is 1.52 bits per heavy atom. The fourth-order valence-corrected chi connectivity index (χ4v) is 3.85. The molecule has 2 heteroatoms. The molecule has 0 heterocycles. The van der Waals surface area contributed by atoms with Gasteiger partial charge in [0.15, 0.2) is 0 Å². The molecule has 134 valence electrons. The van der Waals surface area contributed by atoms with Gasteiger partial charge in [-0.1, -0.05) is 88.1 Å². The van der Waals surface area contributed by atoms with E-state index in [-0.39, 0.29) is 17.0 Å². The minimum atomic E-state index is 0. The molecule has 1 rings (SSSR count). The van der Waals surface area contributed by atoms with E-state index in [0.29, 0.717) is 7.92 Å². The maximum Gasteiger partial charge on any atom is -0.0279 e. The minimum absolute atomic E-state index is 0. The zero-order valence-corrected chi connectivity index (χ0v) is 18.0. The van der Waals surface area contributed by atoms with Crippen molar-refractivity contribution >= 4 is 24.9 Å². The van der Waals surface area contributed by atoms with E-state index in [2.05, 4.69) is 43.7 Å². The van der Waals surface area contributed by atoms with Crippen LogP contribution in [-0.4, -0.2) is 19.5 Å². The van der Waals surface area contributed by atoms with Crippen molar-refractivity contribution < 1.29 is 0 Å². The first-order chi connectivity index (χ1) is 10.8. The van der Waals surface area contributed by atoms with Crippen LogP contribution >= 0.6 is 24.9 Å². The second kappa shape index (κ2) is 17.0. The number of hydrogen-bond acceptors (Lipinski definition) is 0. The second-order valence-electron chi connectivity index (χ2n) is 6.93. The van der Waals surface area contributed by atoms with Gasteiger partial charge in [-0.25, -0.2) is 0 Å². The van der Waals surface area contributed by atoms with Gasteiger partial charge in [0, 0.05) is 0 Å². The monoisotopic (exact) mass is 400 g/mol. The summed E-state index contributed by atoms with van der Waals surface area (Å²) in [5, 5.41) is 0. The van der Waals surface area contributed by atoms with Crippen molar-refractivity contribution in [3.05, 3.63) is 35.9 Å². The SMILES string of the molecule is Br.CP(C)CCCCCCCCCCCCCc1ccccc1. The summed E-state index contributed by atoms with van der Waals surface area (Å²) in [4.78, 5) is 0. The van der Waals surface area contributed by atoms with Gasteiger partial charge >= 0.3 is 0 Å². The van der Waals surface area contributed by atoms with E-state index >= 15 is 0 Å². The average molecular weight is 401 g/mol. The van der Waals surface area contributed by atoms with Gasteiger partial charge in [0.25, 0.3) is 0 Å². The summed E-state index contributed by atoms with van der Waals surface area (Å²) in [5.74, 6) is 0. The normalized spacial score (nSPS) is 10.7. The molecular weight excluding hydrogens is 363 g/mol. The van der Waals surface area contributed by atoms with E-state index in [9.17, 15) is 0 Å². The van der Waals surface area contributed by atoms with Crippen molar-refractivity contribution in [1.29, 1.82) is 0 Å². The number of aryl methyl sites for hydroxylation is 1. The van der Waals surface area contributed by atoms with Crippen LogP contribution in [0.3, 0.4) is 0 Å². The van der Waals surface area contributed by atoms with Crippen molar-refractivity contribution in [1.82, 2.24) is 0 Å². The lowest BCUT2D eigenvalue weighted by Gasteiger charge is -2.05. The van der Waals surface area contributed by atoms with Gasteiger partial charge in [-0.2, -0.15) is 0 Å². The highest BCUT2D eigenvalue weighted by Crippen LogP contribution is 2.26. The molecule has 1 aromatic rings. The molecule has 0 bridgehead atoms. The lowest BCUT2D eigenvalue weighted by atomic mass is 10.0. The number of unbranched alkanes of at least 4 members (excludes halogenated alkanes) is 10. The Bertz CT molecular complexity index is 337. The summed E-state index contributed by atoms with van der Waals surface area (Å²) >= 11 is 0. The van der Waals surface area contributed by atoms with E-state index in [1.807, 2.05) is 0 Å². The number of benzene rings is 1. The predicted octanol–water partition coefficient (Wildman–Crippen LogP) is 7.84. The highest BCUT2D eigenvalue weighted by atomic mass is 79.9. The van der Waals surface area contributed by atoms with Crippen LogP contribution in [0.2, 0.25) is 0 Å². The molecule has 0 aliphatic heterocycles. The highest BCUT2D eigenvalue weighted by molar-refractivity contribution is 8.93. The Kier molecular flexibility index (Phi) is 17.1. The van der Waals surface area contributed by atoms with E-state index < -0.39 is 0 Å². The molecule has 1 aromatic carbocycles. The van der Waals surface area contributed by atoms with Crippen LogP contribution < -0.4 is 0 Å². The van der Waals surface area contributed by atoms with Gasteiger partial charge in [0.2, 0.25) is 0 Å². The van der Waals surface area contributed by atoms with Crippen LogP contribution in [0.25, 0.3) is 0 Å². The largest absolute Gasteiger partial charge is 0.114 e. The van der Waals surface area contributed by atoms with Gasteiger partial charge < -0.3 is 0 Å². The molecule has 0 aliphatic carbocycles. The van der Waals surface area contributed by atoms with Gasteiger partial charge in [-0.05, 0) is 44.3 Å². The third kappa shape index (κ3) is 15.4. The van der Waals surface area contributed by atoms with Crippen LogP contribution in [0.4, 0.5) is 0 Å². The molecule has 0 aliphatic rings. The van der Waals surface area contributed by atoms with Gasteiger partial charge in [-0.15, -0.1) is 24.9 Å². The fraction of sp³-hybridized carbons (Fsp3) is 0.714. The summed E-state index contributed by atoms with van der Waals surface area (Å²) in [6, 6.07) is 10.9. The van der Waals surface area contributed by atoms with Gasteiger partial charge in [-0.3, -0.25) is 0 Å². The smallest absolute Gasteiger partial charge is 0.0279 e. The first kappa shape index (κ1) is 23.1. The van der Waals surface area contributed by atoms with Crippen LogP contribution in [-0.2, 0) is 6.42 Å². The van der Waals surface area contributed by atoms with Crippen molar-refractivity contribution in [2.75, 3.05) is 19.5 Å². The summed E-state index contributed by atoms with van der Waals surface area (Å²) in [7, 11) is 0.347. The third-order valence-electron chi connectivity index (χ3n) is 4.41. The molecule has 0 saturated heterocycles. The van der Waals surface area contributed by atoms with Crippen molar-refractivity contribution in [2.45, 2.75) is 77.0 Å². The number of rotatable bonds is 14. The first-order valence-electron chi connectivity index (χ1n) is 9.47. The molecule has 23 heavy (non-hydrogen) atoms. The number of hydrogen-bond donors (Lipinski definition) is 0. The average Bonchev–Trinajstić information content (AvgIpc) is 2.52. The molecule has 0 radical (unpaired) electrons. The van der Waals surface area contributed by atoms with E-state index in [4.69, 9.17) is 0 Å². The Hall–Kier alpha value is 0.130. The zero-order valence-electron chi connectivity index (χ0n) is 15.4. The molecule has 0 nitrogen and oxygen atoms in total. The Morgan fingerprint density at radius 2 is 1.04 bits per heavy atom. The molecule has 0 unspecified atom stereocenters. The molecule has 0 saturated carbocycles. The molecule has 0 spiro atoms. The highest BCUT2D eigenvalue weighted by Gasteiger charge is 1.96. The Morgan fingerprint density at radius 1 is 0.609 bits per heavy atom.